The van der Waals surface area contributed by atoms with Crippen LogP contribution in [0.2, 0.25) is 0 Å². The van der Waals surface area contributed by atoms with Crippen LogP contribution in [0.1, 0.15) is 25.7 Å². The number of carbonyl (C=O) groups is 4. The first-order chi connectivity index (χ1) is 8.51. The van der Waals surface area contributed by atoms with E-state index in [2.05, 4.69) is 18.9 Å². The van der Waals surface area contributed by atoms with Crippen LogP contribution in [-0.4, -0.2) is 37.5 Å². The predicted octanol–water partition coefficient (Wildman–Crippen LogP) is -0.353. The Morgan fingerprint density at radius 3 is 2.11 bits per heavy atom. The van der Waals surface area contributed by atoms with E-state index in [4.69, 9.17) is 0 Å². The third kappa shape index (κ3) is 4.81. The summed E-state index contributed by atoms with van der Waals surface area (Å²) in [5.74, 6) is -2.83. The molecule has 0 radical (unpaired) electrons. The number of ether oxygens (including phenoxy) is 4. The van der Waals surface area contributed by atoms with Gasteiger partial charge in [0.2, 0.25) is 0 Å². The molecule has 0 spiro atoms. The van der Waals surface area contributed by atoms with Crippen LogP contribution in [-0.2, 0) is 38.1 Å². The van der Waals surface area contributed by atoms with Gasteiger partial charge in [-0.15, -0.1) is 0 Å². The molecule has 1 fully saturated rings. The van der Waals surface area contributed by atoms with Crippen LogP contribution in [0.25, 0.3) is 0 Å². The third-order valence-corrected chi connectivity index (χ3v) is 1.98. The molecular weight excluding hydrogens is 248 g/mol. The molecule has 0 aromatic heterocycles. The Kier molecular flexibility index (Phi) is 5.09. The Morgan fingerprint density at radius 1 is 1.11 bits per heavy atom. The molecule has 8 nitrogen and oxygen atoms in total. The highest BCUT2D eigenvalue weighted by atomic mass is 16.9. The second kappa shape index (κ2) is 6.58. The minimum absolute atomic E-state index is 0.130. The maximum Gasteiger partial charge on any atom is 0.412 e. The van der Waals surface area contributed by atoms with Crippen LogP contribution >= 0.6 is 0 Å². The van der Waals surface area contributed by atoms with E-state index in [-0.39, 0.29) is 25.7 Å². The van der Waals surface area contributed by atoms with Crippen LogP contribution in [0.4, 0.5) is 0 Å². The van der Waals surface area contributed by atoms with Crippen molar-refractivity contribution in [3.8, 4) is 0 Å². The van der Waals surface area contributed by atoms with Gasteiger partial charge in [0.25, 0.3) is 0 Å². The van der Waals surface area contributed by atoms with Gasteiger partial charge in [0.1, 0.15) is 0 Å². The van der Waals surface area contributed by atoms with Crippen LogP contribution in [0.3, 0.4) is 0 Å². The van der Waals surface area contributed by atoms with Gasteiger partial charge in [-0.1, -0.05) is 0 Å². The highest BCUT2D eigenvalue weighted by Gasteiger charge is 2.27. The Hall–Kier alpha value is -2.12. The van der Waals surface area contributed by atoms with Crippen LogP contribution < -0.4 is 0 Å². The highest BCUT2D eigenvalue weighted by Crippen LogP contribution is 2.11. The van der Waals surface area contributed by atoms with E-state index in [1.807, 2.05) is 0 Å². The number of cyclic esters (lactones) is 2. The van der Waals surface area contributed by atoms with Crippen molar-refractivity contribution in [2.75, 3.05) is 7.11 Å². The lowest BCUT2D eigenvalue weighted by Gasteiger charge is -2.14. The predicted molar refractivity (Wildman–Crippen MR) is 52.5 cm³/mol. The van der Waals surface area contributed by atoms with Crippen molar-refractivity contribution in [1.82, 2.24) is 0 Å². The smallest absolute Gasteiger partial charge is 0.412 e. The molecule has 0 amide bonds. The zero-order valence-electron chi connectivity index (χ0n) is 9.67. The third-order valence-electron chi connectivity index (χ3n) is 1.98. The normalized spacial score (nSPS) is 16.3. The van der Waals surface area contributed by atoms with Crippen molar-refractivity contribution < 1.29 is 38.1 Å². The first kappa shape index (κ1) is 13.9. The average Bonchev–Trinajstić information content (AvgIpc) is 2.47. The molecule has 1 aliphatic heterocycles. The minimum Gasteiger partial charge on any atom is -0.469 e. The van der Waals surface area contributed by atoms with Gasteiger partial charge in [-0.3, -0.25) is 19.2 Å². The standard InChI is InChI=1S/C10H12O8/c1-15-6(11)2-3-7(12)16-10-17-8(13)4-5-9(14)18-10/h10H,2-5H2,1H3. The van der Waals surface area contributed by atoms with Crippen LogP contribution in [0, 0.1) is 0 Å². The van der Waals surface area contributed by atoms with Gasteiger partial charge in [0, 0.05) is 0 Å². The van der Waals surface area contributed by atoms with E-state index in [0.29, 0.717) is 0 Å². The number of carbonyl (C=O) groups excluding carboxylic acids is 4. The quantitative estimate of drug-likeness (QED) is 0.631. The van der Waals surface area contributed by atoms with E-state index in [1.54, 1.807) is 0 Å². The lowest BCUT2D eigenvalue weighted by Crippen LogP contribution is -2.27. The summed E-state index contributed by atoms with van der Waals surface area (Å²) in [6, 6.07) is 0. The molecule has 0 aromatic rings. The van der Waals surface area contributed by atoms with E-state index in [0.717, 1.165) is 0 Å². The number of hydrogen-bond donors (Lipinski definition) is 0. The zero-order valence-corrected chi connectivity index (χ0v) is 9.67. The average molecular weight is 260 g/mol. The molecule has 0 aliphatic carbocycles. The van der Waals surface area contributed by atoms with E-state index >= 15 is 0 Å². The van der Waals surface area contributed by atoms with Crippen molar-refractivity contribution in [2.24, 2.45) is 0 Å². The summed E-state index contributed by atoms with van der Waals surface area (Å²) >= 11 is 0. The van der Waals surface area contributed by atoms with Crippen LogP contribution in [0.15, 0.2) is 0 Å². The fraction of sp³-hybridized carbons (Fsp3) is 0.600. The number of hydrogen-bond acceptors (Lipinski definition) is 8. The lowest BCUT2D eigenvalue weighted by atomic mass is 10.3. The van der Waals surface area contributed by atoms with Gasteiger partial charge in [0.15, 0.2) is 0 Å². The maximum atomic E-state index is 11.2. The highest BCUT2D eigenvalue weighted by molar-refractivity contribution is 5.80. The van der Waals surface area contributed by atoms with Crippen molar-refractivity contribution in [3.63, 3.8) is 0 Å². The molecule has 1 aliphatic rings. The van der Waals surface area contributed by atoms with Gasteiger partial charge in [0.05, 0.1) is 32.8 Å². The SMILES string of the molecule is COC(=O)CCC(=O)OC1OC(=O)CCC(=O)O1. The lowest BCUT2D eigenvalue weighted by molar-refractivity contribution is -0.253. The van der Waals surface area contributed by atoms with Crippen molar-refractivity contribution >= 4 is 23.9 Å². The monoisotopic (exact) mass is 260 g/mol. The molecule has 0 aromatic carbocycles. The molecule has 0 bridgehead atoms. The second-order valence-corrected chi connectivity index (χ2v) is 3.33. The molecule has 0 atom stereocenters. The summed E-state index contributed by atoms with van der Waals surface area (Å²) in [6.07, 6.45) is -0.702. The van der Waals surface area contributed by atoms with Crippen LogP contribution in [0.5, 0.6) is 0 Å². The molecule has 0 unspecified atom stereocenters. The topological polar surface area (TPSA) is 105 Å². The van der Waals surface area contributed by atoms with Gasteiger partial charge in [-0.2, -0.15) is 0 Å². The minimum atomic E-state index is -1.68. The Labute approximate surface area is 102 Å². The molecule has 18 heavy (non-hydrogen) atoms. The molecule has 1 saturated heterocycles. The summed E-state index contributed by atoms with van der Waals surface area (Å²) in [4.78, 5) is 44.0. The number of methoxy groups -OCH3 is 1. The maximum absolute atomic E-state index is 11.2. The van der Waals surface area contributed by atoms with Crippen molar-refractivity contribution in [2.45, 2.75) is 32.2 Å². The molecule has 1 heterocycles. The summed E-state index contributed by atoms with van der Waals surface area (Å²) in [7, 11) is 1.18. The summed E-state index contributed by atoms with van der Waals surface area (Å²) < 4.78 is 18.0. The largest absolute Gasteiger partial charge is 0.469 e. The van der Waals surface area contributed by atoms with E-state index < -0.39 is 30.4 Å². The van der Waals surface area contributed by atoms with Gasteiger partial charge in [-0.25, -0.2) is 0 Å². The zero-order chi connectivity index (χ0) is 13.5. The Morgan fingerprint density at radius 2 is 1.61 bits per heavy atom. The molecule has 8 heteroatoms. The molecule has 0 N–H and O–H groups in total. The number of rotatable bonds is 4. The fourth-order valence-corrected chi connectivity index (χ4v) is 1.08. The van der Waals surface area contributed by atoms with Gasteiger partial charge < -0.3 is 18.9 Å². The molecule has 1 rings (SSSR count). The van der Waals surface area contributed by atoms with E-state index in [9.17, 15) is 19.2 Å². The summed E-state index contributed by atoms with van der Waals surface area (Å²) in [6.45, 7) is -1.68. The van der Waals surface area contributed by atoms with Gasteiger partial charge in [-0.05, 0) is 0 Å². The molecular formula is C10H12O8. The number of esters is 4. The fourth-order valence-electron chi connectivity index (χ4n) is 1.08. The van der Waals surface area contributed by atoms with Crippen molar-refractivity contribution in [1.29, 1.82) is 0 Å². The first-order valence-electron chi connectivity index (χ1n) is 5.16. The summed E-state index contributed by atoms with van der Waals surface area (Å²) in [5, 5.41) is 0. The molecule has 100 valence electrons. The Bertz CT molecular complexity index is 343. The second-order valence-electron chi connectivity index (χ2n) is 3.33. The first-order valence-corrected chi connectivity index (χ1v) is 5.16. The Balaban J connectivity index is 2.40. The molecule has 0 saturated carbocycles. The van der Waals surface area contributed by atoms with Gasteiger partial charge >= 0.3 is 30.4 Å². The van der Waals surface area contributed by atoms with E-state index in [1.165, 1.54) is 7.11 Å². The summed E-state index contributed by atoms with van der Waals surface area (Å²) in [5.41, 5.74) is 0. The van der Waals surface area contributed by atoms with Crippen molar-refractivity contribution in [3.05, 3.63) is 0 Å².